The maximum absolute atomic E-state index is 12.3. The van der Waals surface area contributed by atoms with E-state index in [1.54, 1.807) is 10.7 Å². The zero-order valence-electron chi connectivity index (χ0n) is 13.1. The van der Waals surface area contributed by atoms with Gasteiger partial charge in [-0.3, -0.25) is 9.48 Å². The van der Waals surface area contributed by atoms with Crippen molar-refractivity contribution >= 4 is 21.4 Å². The molecule has 2 aromatic rings. The van der Waals surface area contributed by atoms with E-state index in [2.05, 4.69) is 10.4 Å². The van der Waals surface area contributed by atoms with Gasteiger partial charge in [-0.15, -0.1) is 0 Å². The Morgan fingerprint density at radius 2 is 1.96 bits per heavy atom. The van der Waals surface area contributed by atoms with Crippen LogP contribution in [0.3, 0.4) is 0 Å². The highest BCUT2D eigenvalue weighted by atomic mass is 32.2. The lowest BCUT2D eigenvalue weighted by Crippen LogP contribution is -2.16. The molecule has 0 spiro atoms. The van der Waals surface area contributed by atoms with E-state index in [9.17, 15) is 13.2 Å². The molecule has 0 saturated carbocycles. The van der Waals surface area contributed by atoms with Crippen LogP contribution in [0, 0.1) is 13.8 Å². The summed E-state index contributed by atoms with van der Waals surface area (Å²) in [5, 5.41) is 7.11. The minimum Gasteiger partial charge on any atom is -0.321 e. The maximum Gasteiger partial charge on any atom is 0.276 e. The molecule has 1 fully saturated rings. The van der Waals surface area contributed by atoms with Gasteiger partial charge in [0.2, 0.25) is 0 Å². The number of sulfone groups is 1. The number of hydrogen-bond acceptors (Lipinski definition) is 4. The highest BCUT2D eigenvalue weighted by Crippen LogP contribution is 2.25. The zero-order chi connectivity index (χ0) is 16.6. The molecule has 3 rings (SSSR count). The summed E-state index contributed by atoms with van der Waals surface area (Å²) in [4.78, 5) is 12.3. The number of aryl methyl sites for hydroxylation is 2. The number of benzene rings is 1. The summed E-state index contributed by atoms with van der Waals surface area (Å²) in [5.74, 6) is -0.0206. The van der Waals surface area contributed by atoms with Crippen molar-refractivity contribution in [3.8, 4) is 0 Å². The fourth-order valence-corrected chi connectivity index (χ4v) is 4.46. The molecule has 1 aliphatic rings. The van der Waals surface area contributed by atoms with Crippen LogP contribution in [0.1, 0.15) is 34.2 Å². The second kappa shape index (κ2) is 5.81. The number of nitrogens with zero attached hydrogens (tertiary/aromatic N) is 2. The number of nitrogens with one attached hydrogen (secondary N) is 1. The summed E-state index contributed by atoms with van der Waals surface area (Å²) in [6.07, 6.45) is 0.546. The molecule has 1 aliphatic heterocycles. The van der Waals surface area contributed by atoms with Crippen LogP contribution in [0.15, 0.2) is 30.3 Å². The molecular weight excluding hydrogens is 314 g/mol. The minimum atomic E-state index is -2.99. The molecule has 23 heavy (non-hydrogen) atoms. The van der Waals surface area contributed by atoms with Gasteiger partial charge in [0.25, 0.3) is 5.91 Å². The first-order valence-corrected chi connectivity index (χ1v) is 9.31. The van der Waals surface area contributed by atoms with Gasteiger partial charge in [0.1, 0.15) is 0 Å². The Morgan fingerprint density at radius 1 is 1.26 bits per heavy atom. The van der Waals surface area contributed by atoms with Crippen molar-refractivity contribution in [2.75, 3.05) is 16.8 Å². The van der Waals surface area contributed by atoms with Crippen molar-refractivity contribution in [1.82, 2.24) is 9.78 Å². The summed E-state index contributed by atoms with van der Waals surface area (Å²) in [6.45, 7) is 3.81. The fourth-order valence-electron chi connectivity index (χ4n) is 2.77. The van der Waals surface area contributed by atoms with Crippen LogP contribution < -0.4 is 5.32 Å². The van der Waals surface area contributed by atoms with Gasteiger partial charge < -0.3 is 5.32 Å². The van der Waals surface area contributed by atoms with Crippen molar-refractivity contribution in [2.24, 2.45) is 0 Å². The van der Waals surface area contributed by atoms with E-state index in [4.69, 9.17) is 0 Å². The van der Waals surface area contributed by atoms with Crippen molar-refractivity contribution in [3.05, 3.63) is 47.3 Å². The van der Waals surface area contributed by atoms with Gasteiger partial charge in [-0.05, 0) is 38.5 Å². The molecule has 7 heteroatoms. The van der Waals surface area contributed by atoms with Gasteiger partial charge in [0.05, 0.1) is 17.5 Å². The maximum atomic E-state index is 12.3. The average molecular weight is 333 g/mol. The number of aromatic nitrogens is 2. The first-order chi connectivity index (χ1) is 10.8. The van der Waals surface area contributed by atoms with Crippen molar-refractivity contribution in [3.63, 3.8) is 0 Å². The summed E-state index contributed by atoms with van der Waals surface area (Å²) in [7, 11) is -2.99. The van der Waals surface area contributed by atoms with Crippen molar-refractivity contribution in [1.29, 1.82) is 0 Å². The number of anilines is 1. The van der Waals surface area contributed by atoms with E-state index < -0.39 is 9.84 Å². The van der Waals surface area contributed by atoms with Crippen LogP contribution in [-0.4, -0.2) is 35.6 Å². The molecule has 1 unspecified atom stereocenters. The van der Waals surface area contributed by atoms with Crippen LogP contribution in [0.2, 0.25) is 0 Å². The van der Waals surface area contributed by atoms with Gasteiger partial charge in [-0.25, -0.2) is 8.42 Å². The van der Waals surface area contributed by atoms with Crippen molar-refractivity contribution < 1.29 is 13.2 Å². The predicted octanol–water partition coefficient (Wildman–Crippen LogP) is 2.11. The normalized spacial score (nSPS) is 19.7. The summed E-state index contributed by atoms with van der Waals surface area (Å²) < 4.78 is 24.9. The molecule has 122 valence electrons. The largest absolute Gasteiger partial charge is 0.321 e. The van der Waals surface area contributed by atoms with Gasteiger partial charge in [-0.1, -0.05) is 17.7 Å². The molecule has 1 aromatic heterocycles. The Bertz CT molecular complexity index is 838. The van der Waals surface area contributed by atoms with Gasteiger partial charge in [0, 0.05) is 11.4 Å². The van der Waals surface area contributed by atoms with E-state index in [-0.39, 0.29) is 23.5 Å². The molecule has 1 amide bonds. The van der Waals surface area contributed by atoms with Gasteiger partial charge >= 0.3 is 0 Å². The second-order valence-electron chi connectivity index (χ2n) is 5.99. The molecule has 2 heterocycles. The first kappa shape index (κ1) is 15.7. The van der Waals surface area contributed by atoms with Crippen LogP contribution in [0.4, 0.5) is 5.69 Å². The topological polar surface area (TPSA) is 81.1 Å². The van der Waals surface area contributed by atoms with Crippen LogP contribution in [0.5, 0.6) is 0 Å². The second-order valence-corrected chi connectivity index (χ2v) is 8.22. The van der Waals surface area contributed by atoms with E-state index >= 15 is 0 Å². The molecular formula is C16H19N3O3S. The molecule has 1 atom stereocenters. The first-order valence-electron chi connectivity index (χ1n) is 7.49. The Morgan fingerprint density at radius 3 is 2.57 bits per heavy atom. The molecule has 0 bridgehead atoms. The highest BCUT2D eigenvalue weighted by Gasteiger charge is 2.31. The van der Waals surface area contributed by atoms with Crippen LogP contribution in [-0.2, 0) is 9.84 Å². The van der Waals surface area contributed by atoms with Crippen LogP contribution >= 0.6 is 0 Å². The molecule has 1 aromatic carbocycles. The summed E-state index contributed by atoms with van der Waals surface area (Å²) in [5.41, 5.74) is 2.91. The number of hydrogen-bond donors (Lipinski definition) is 1. The lowest BCUT2D eigenvalue weighted by Gasteiger charge is -2.10. The number of rotatable bonds is 3. The van der Waals surface area contributed by atoms with Gasteiger partial charge in [-0.2, -0.15) is 5.10 Å². The minimum absolute atomic E-state index is 0.0918. The Balaban J connectivity index is 1.77. The van der Waals surface area contributed by atoms with Gasteiger partial charge in [0.15, 0.2) is 15.5 Å². The Labute approximate surface area is 135 Å². The molecule has 1 saturated heterocycles. The quantitative estimate of drug-likeness (QED) is 0.933. The lowest BCUT2D eigenvalue weighted by atomic mass is 10.2. The van der Waals surface area contributed by atoms with E-state index in [0.717, 1.165) is 11.3 Å². The summed E-state index contributed by atoms with van der Waals surface area (Å²) in [6, 6.07) is 9.02. The molecule has 1 N–H and O–H groups in total. The fraction of sp³-hybridized carbons (Fsp3) is 0.375. The highest BCUT2D eigenvalue weighted by molar-refractivity contribution is 7.91. The van der Waals surface area contributed by atoms with E-state index in [1.807, 2.05) is 38.1 Å². The van der Waals surface area contributed by atoms with E-state index in [0.29, 0.717) is 17.8 Å². The third-order valence-corrected chi connectivity index (χ3v) is 5.77. The smallest absolute Gasteiger partial charge is 0.276 e. The third-order valence-electron chi connectivity index (χ3n) is 4.02. The Hall–Kier alpha value is -2.15. The molecule has 6 nitrogen and oxygen atoms in total. The monoisotopic (exact) mass is 333 g/mol. The third kappa shape index (κ3) is 3.44. The average Bonchev–Trinajstić information content (AvgIpc) is 3.04. The predicted molar refractivity (Wildman–Crippen MR) is 88.4 cm³/mol. The van der Waals surface area contributed by atoms with Crippen molar-refractivity contribution in [2.45, 2.75) is 26.3 Å². The Kier molecular flexibility index (Phi) is 3.97. The zero-order valence-corrected chi connectivity index (χ0v) is 13.9. The van der Waals surface area contributed by atoms with Crippen LogP contribution in [0.25, 0.3) is 0 Å². The number of amides is 1. The lowest BCUT2D eigenvalue weighted by molar-refractivity contribution is 0.102. The summed E-state index contributed by atoms with van der Waals surface area (Å²) >= 11 is 0. The standard InChI is InChI=1S/C16H19N3O3S/c1-11-3-5-13(6-4-11)17-16(20)15-9-12(2)19(18-15)14-7-8-23(21,22)10-14/h3-6,9,14H,7-8,10H2,1-2H3,(H,17,20). The SMILES string of the molecule is Cc1ccc(NC(=O)c2cc(C)n(C3CCS(=O)(=O)C3)n2)cc1. The number of carbonyl (C=O) groups is 1. The molecule has 0 aliphatic carbocycles. The van der Waals surface area contributed by atoms with E-state index in [1.165, 1.54) is 0 Å². The molecule has 0 radical (unpaired) electrons. The number of carbonyl (C=O) groups excluding carboxylic acids is 1.